The summed E-state index contributed by atoms with van der Waals surface area (Å²) in [4.78, 5) is 18.9. The van der Waals surface area contributed by atoms with Crippen LogP contribution in [0.4, 0.5) is 11.6 Å². The average Bonchev–Trinajstić information content (AvgIpc) is 2.45. The van der Waals surface area contributed by atoms with Crippen molar-refractivity contribution in [3.05, 3.63) is 15.8 Å². The SMILES string of the molecule is CCNc1nc(C)c([N+](=O)[O-])c(OCC2CCOCC2)n1. The summed E-state index contributed by atoms with van der Waals surface area (Å²) in [5.74, 6) is 0.730. The van der Waals surface area contributed by atoms with Gasteiger partial charge in [0.05, 0.1) is 11.5 Å². The maximum atomic E-state index is 11.2. The van der Waals surface area contributed by atoms with Crippen molar-refractivity contribution in [1.29, 1.82) is 0 Å². The molecule has 2 heterocycles. The minimum absolute atomic E-state index is 0.0370. The zero-order valence-corrected chi connectivity index (χ0v) is 12.3. The topological polar surface area (TPSA) is 99.4 Å². The van der Waals surface area contributed by atoms with Crippen LogP contribution in [0.15, 0.2) is 0 Å². The first-order valence-electron chi connectivity index (χ1n) is 7.09. The summed E-state index contributed by atoms with van der Waals surface area (Å²) in [7, 11) is 0. The standard InChI is InChI=1S/C13H20N4O4/c1-3-14-13-15-9(2)11(17(18)19)12(16-13)21-8-10-4-6-20-7-5-10/h10H,3-8H2,1-2H3,(H,14,15,16). The minimum Gasteiger partial charge on any atom is -0.472 e. The lowest BCUT2D eigenvalue weighted by molar-refractivity contribution is -0.387. The molecule has 1 saturated heterocycles. The number of aromatic nitrogens is 2. The second-order valence-corrected chi connectivity index (χ2v) is 4.94. The van der Waals surface area contributed by atoms with Crippen molar-refractivity contribution in [3.63, 3.8) is 0 Å². The molecule has 8 heteroatoms. The number of nitrogens with one attached hydrogen (secondary N) is 1. The lowest BCUT2D eigenvalue weighted by Gasteiger charge is -2.21. The zero-order chi connectivity index (χ0) is 15.2. The van der Waals surface area contributed by atoms with Crippen LogP contribution in [-0.2, 0) is 4.74 Å². The van der Waals surface area contributed by atoms with Crippen LogP contribution in [0.5, 0.6) is 5.88 Å². The molecule has 0 radical (unpaired) electrons. The molecule has 0 aromatic carbocycles. The molecule has 0 atom stereocenters. The van der Waals surface area contributed by atoms with Gasteiger partial charge < -0.3 is 14.8 Å². The Hall–Kier alpha value is -1.96. The molecule has 1 aliphatic rings. The van der Waals surface area contributed by atoms with Crippen LogP contribution < -0.4 is 10.1 Å². The molecule has 8 nitrogen and oxygen atoms in total. The largest absolute Gasteiger partial charge is 0.472 e. The summed E-state index contributed by atoms with van der Waals surface area (Å²) in [6, 6.07) is 0. The van der Waals surface area contributed by atoms with Crippen molar-refractivity contribution in [3.8, 4) is 5.88 Å². The highest BCUT2D eigenvalue weighted by atomic mass is 16.6. The lowest BCUT2D eigenvalue weighted by Crippen LogP contribution is -2.22. The van der Waals surface area contributed by atoms with Gasteiger partial charge in [-0.25, -0.2) is 4.98 Å². The Morgan fingerprint density at radius 1 is 1.43 bits per heavy atom. The van der Waals surface area contributed by atoms with E-state index in [0.717, 1.165) is 12.8 Å². The predicted molar refractivity (Wildman–Crippen MR) is 76.6 cm³/mol. The monoisotopic (exact) mass is 296 g/mol. The van der Waals surface area contributed by atoms with Gasteiger partial charge in [-0.3, -0.25) is 10.1 Å². The second-order valence-electron chi connectivity index (χ2n) is 4.94. The molecule has 2 rings (SSSR count). The van der Waals surface area contributed by atoms with Crippen LogP contribution >= 0.6 is 0 Å². The van der Waals surface area contributed by atoms with Gasteiger partial charge in [0.15, 0.2) is 0 Å². The smallest absolute Gasteiger partial charge is 0.352 e. The van der Waals surface area contributed by atoms with E-state index in [1.807, 2.05) is 6.92 Å². The fraction of sp³-hybridized carbons (Fsp3) is 0.692. The van der Waals surface area contributed by atoms with E-state index < -0.39 is 4.92 Å². The highest BCUT2D eigenvalue weighted by molar-refractivity contribution is 5.48. The molecule has 0 bridgehead atoms. The van der Waals surface area contributed by atoms with E-state index in [4.69, 9.17) is 9.47 Å². The van der Waals surface area contributed by atoms with Gasteiger partial charge in [0.25, 0.3) is 5.88 Å². The molecule has 21 heavy (non-hydrogen) atoms. The molecule has 0 unspecified atom stereocenters. The van der Waals surface area contributed by atoms with Gasteiger partial charge in [-0.2, -0.15) is 4.98 Å². The van der Waals surface area contributed by atoms with Gasteiger partial charge in [0, 0.05) is 19.8 Å². The Bertz CT molecular complexity index is 503. The van der Waals surface area contributed by atoms with Crippen molar-refractivity contribution in [2.45, 2.75) is 26.7 Å². The van der Waals surface area contributed by atoms with E-state index in [1.165, 1.54) is 0 Å². The summed E-state index contributed by atoms with van der Waals surface area (Å²) in [6.45, 7) is 5.95. The van der Waals surface area contributed by atoms with Crippen LogP contribution in [0.2, 0.25) is 0 Å². The number of ether oxygens (including phenoxy) is 2. The van der Waals surface area contributed by atoms with Gasteiger partial charge >= 0.3 is 5.69 Å². The lowest BCUT2D eigenvalue weighted by atomic mass is 10.0. The van der Waals surface area contributed by atoms with E-state index in [2.05, 4.69) is 15.3 Å². The molecule has 0 saturated carbocycles. The Morgan fingerprint density at radius 3 is 2.76 bits per heavy atom. The maximum Gasteiger partial charge on any atom is 0.352 e. The van der Waals surface area contributed by atoms with Gasteiger partial charge in [-0.1, -0.05) is 0 Å². The molecular weight excluding hydrogens is 276 g/mol. The Balaban J connectivity index is 2.15. The third-order valence-electron chi connectivity index (χ3n) is 3.34. The molecular formula is C13H20N4O4. The van der Waals surface area contributed by atoms with Gasteiger partial charge in [0.1, 0.15) is 5.69 Å². The number of rotatable bonds is 6. The van der Waals surface area contributed by atoms with Crippen molar-refractivity contribution in [2.24, 2.45) is 5.92 Å². The third kappa shape index (κ3) is 4.01. The third-order valence-corrected chi connectivity index (χ3v) is 3.34. The number of nitro groups is 1. The molecule has 0 aliphatic carbocycles. The first kappa shape index (κ1) is 15.4. The van der Waals surface area contributed by atoms with Crippen LogP contribution in [-0.4, -0.2) is 41.3 Å². The van der Waals surface area contributed by atoms with E-state index in [1.54, 1.807) is 6.92 Å². The summed E-state index contributed by atoms with van der Waals surface area (Å²) >= 11 is 0. The van der Waals surface area contributed by atoms with Crippen LogP contribution in [0.3, 0.4) is 0 Å². The maximum absolute atomic E-state index is 11.2. The molecule has 0 amide bonds. The van der Waals surface area contributed by atoms with E-state index in [0.29, 0.717) is 43.9 Å². The van der Waals surface area contributed by atoms with E-state index >= 15 is 0 Å². The average molecular weight is 296 g/mol. The molecule has 1 fully saturated rings. The summed E-state index contributed by atoms with van der Waals surface area (Å²) in [6.07, 6.45) is 1.80. The number of anilines is 1. The summed E-state index contributed by atoms with van der Waals surface area (Å²) < 4.78 is 10.9. The fourth-order valence-electron chi connectivity index (χ4n) is 2.20. The zero-order valence-electron chi connectivity index (χ0n) is 12.3. The highest BCUT2D eigenvalue weighted by Gasteiger charge is 2.25. The molecule has 1 N–H and O–H groups in total. The van der Waals surface area contributed by atoms with Crippen LogP contribution in [0.1, 0.15) is 25.5 Å². The van der Waals surface area contributed by atoms with Gasteiger partial charge in [0.2, 0.25) is 5.95 Å². The molecule has 1 aromatic rings. The Morgan fingerprint density at radius 2 is 2.14 bits per heavy atom. The Kier molecular flexibility index (Phi) is 5.26. The van der Waals surface area contributed by atoms with Crippen molar-refractivity contribution < 1.29 is 14.4 Å². The van der Waals surface area contributed by atoms with Gasteiger partial charge in [-0.05, 0) is 32.6 Å². The first-order valence-corrected chi connectivity index (χ1v) is 7.09. The Labute approximate surface area is 123 Å². The second kappa shape index (κ2) is 7.16. The number of hydrogen-bond acceptors (Lipinski definition) is 7. The molecule has 1 aliphatic heterocycles. The number of nitrogens with zero attached hydrogens (tertiary/aromatic N) is 3. The van der Waals surface area contributed by atoms with Gasteiger partial charge in [-0.15, -0.1) is 0 Å². The molecule has 116 valence electrons. The number of hydrogen-bond donors (Lipinski definition) is 1. The van der Waals surface area contributed by atoms with Crippen molar-refractivity contribution in [2.75, 3.05) is 31.7 Å². The first-order chi connectivity index (χ1) is 10.1. The fourth-order valence-corrected chi connectivity index (χ4v) is 2.20. The van der Waals surface area contributed by atoms with E-state index in [-0.39, 0.29) is 11.6 Å². The molecule has 1 aromatic heterocycles. The number of aryl methyl sites for hydroxylation is 1. The highest BCUT2D eigenvalue weighted by Crippen LogP contribution is 2.29. The van der Waals surface area contributed by atoms with E-state index in [9.17, 15) is 10.1 Å². The van der Waals surface area contributed by atoms with Crippen LogP contribution in [0.25, 0.3) is 0 Å². The van der Waals surface area contributed by atoms with Crippen molar-refractivity contribution >= 4 is 11.6 Å². The van der Waals surface area contributed by atoms with Crippen LogP contribution in [0, 0.1) is 23.0 Å². The van der Waals surface area contributed by atoms with Crippen molar-refractivity contribution in [1.82, 2.24) is 9.97 Å². The minimum atomic E-state index is -0.496. The normalized spacial score (nSPS) is 15.7. The molecule has 0 spiro atoms. The summed E-state index contributed by atoms with van der Waals surface area (Å²) in [5, 5.41) is 14.1. The predicted octanol–water partition coefficient (Wildman–Crippen LogP) is 1.93. The summed E-state index contributed by atoms with van der Waals surface area (Å²) in [5.41, 5.74) is 0.136. The quantitative estimate of drug-likeness (QED) is 0.632.